The number of aryl methyl sites for hydroxylation is 3. The first-order valence-corrected chi connectivity index (χ1v) is 8.61. The zero-order valence-corrected chi connectivity index (χ0v) is 14.6. The molecule has 0 saturated carbocycles. The summed E-state index contributed by atoms with van der Waals surface area (Å²) < 4.78 is 16.8. The van der Waals surface area contributed by atoms with E-state index in [9.17, 15) is 18.9 Å². The maximum absolute atomic E-state index is 12.3. The number of carbonyl (C=O) groups is 3. The summed E-state index contributed by atoms with van der Waals surface area (Å²) in [4.78, 5) is 36.1. The van der Waals surface area contributed by atoms with Crippen LogP contribution in [0, 0.1) is 20.8 Å². The van der Waals surface area contributed by atoms with E-state index in [-0.39, 0.29) is 11.1 Å². The predicted octanol–water partition coefficient (Wildman–Crippen LogP) is 3.65. The minimum absolute atomic E-state index is 0.118. The Morgan fingerprint density at radius 3 is 2.00 bits per heavy atom. The van der Waals surface area contributed by atoms with Gasteiger partial charge in [-0.05, 0) is 31.9 Å². The van der Waals surface area contributed by atoms with Crippen LogP contribution >= 0.6 is 8.03 Å². The number of ketones is 1. The Labute approximate surface area is 140 Å². The fraction of sp³-hybridized carbons (Fsp3) is 0.167. The zero-order chi connectivity index (χ0) is 17.9. The standard InChI is InChI=1S/C18H17O5P/c1-11-9-12(2)15(13(3)10-11)18(21)24(22)23-17(20)16(19)14-7-5-4-6-8-14/h4-10,24H,1-3H3. The van der Waals surface area contributed by atoms with E-state index in [2.05, 4.69) is 4.52 Å². The van der Waals surface area contributed by atoms with Gasteiger partial charge in [0.25, 0.3) is 11.3 Å². The number of benzene rings is 2. The van der Waals surface area contributed by atoms with E-state index in [0.29, 0.717) is 11.1 Å². The lowest BCUT2D eigenvalue weighted by Crippen LogP contribution is -2.16. The summed E-state index contributed by atoms with van der Waals surface area (Å²) in [6.45, 7) is 5.33. The lowest BCUT2D eigenvalue weighted by molar-refractivity contribution is -0.128. The van der Waals surface area contributed by atoms with Crippen LogP contribution in [0.15, 0.2) is 42.5 Å². The summed E-state index contributed by atoms with van der Waals surface area (Å²) in [5.74, 6) is -2.22. The van der Waals surface area contributed by atoms with Gasteiger partial charge < -0.3 is 4.52 Å². The van der Waals surface area contributed by atoms with Crippen LogP contribution in [0.25, 0.3) is 0 Å². The van der Waals surface area contributed by atoms with Gasteiger partial charge >= 0.3 is 14.0 Å². The molecule has 0 bridgehead atoms. The smallest absolute Gasteiger partial charge is 0.384 e. The van der Waals surface area contributed by atoms with Crippen LogP contribution in [0.3, 0.4) is 0 Å². The second-order valence-corrected chi connectivity index (χ2v) is 6.71. The molecule has 2 aromatic rings. The topological polar surface area (TPSA) is 77.5 Å². The SMILES string of the molecule is Cc1cc(C)c(C(=O)[PH](=O)OC(=O)C(=O)c2ccccc2)c(C)c1. The maximum Gasteiger partial charge on any atom is 0.384 e. The second-order valence-electron chi connectivity index (χ2n) is 5.47. The van der Waals surface area contributed by atoms with Gasteiger partial charge in [-0.3, -0.25) is 14.2 Å². The van der Waals surface area contributed by atoms with Crippen molar-refractivity contribution in [1.82, 2.24) is 0 Å². The third kappa shape index (κ3) is 3.87. The molecule has 2 rings (SSSR count). The van der Waals surface area contributed by atoms with Gasteiger partial charge in [-0.2, -0.15) is 0 Å². The predicted molar refractivity (Wildman–Crippen MR) is 90.8 cm³/mol. The van der Waals surface area contributed by atoms with Gasteiger partial charge in [-0.25, -0.2) is 4.79 Å². The second kappa shape index (κ2) is 7.37. The fourth-order valence-electron chi connectivity index (χ4n) is 2.52. The van der Waals surface area contributed by atoms with Crippen molar-refractivity contribution in [3.05, 3.63) is 70.3 Å². The molecule has 1 unspecified atom stereocenters. The van der Waals surface area contributed by atoms with Gasteiger partial charge in [0, 0.05) is 11.1 Å². The molecular formula is C18H17O5P. The lowest BCUT2D eigenvalue weighted by Gasteiger charge is -2.10. The van der Waals surface area contributed by atoms with E-state index < -0.39 is 25.3 Å². The van der Waals surface area contributed by atoms with Crippen LogP contribution in [-0.4, -0.2) is 17.3 Å². The summed E-state index contributed by atoms with van der Waals surface area (Å²) >= 11 is 0. The van der Waals surface area contributed by atoms with Crippen molar-refractivity contribution in [3.8, 4) is 0 Å². The Bertz CT molecular complexity index is 817. The summed E-state index contributed by atoms with van der Waals surface area (Å²) in [5, 5.41) is 0. The molecule has 0 aliphatic rings. The molecular weight excluding hydrogens is 327 g/mol. The van der Waals surface area contributed by atoms with Gasteiger partial charge in [0.15, 0.2) is 0 Å². The largest absolute Gasteiger partial charge is 0.401 e. The molecule has 0 amide bonds. The molecule has 5 nitrogen and oxygen atoms in total. The number of hydrogen-bond donors (Lipinski definition) is 0. The Balaban J connectivity index is 2.17. The Hall–Kier alpha value is -2.52. The summed E-state index contributed by atoms with van der Waals surface area (Å²) in [5.41, 5.74) is 1.90. The first-order chi connectivity index (χ1) is 11.3. The van der Waals surface area contributed by atoms with Gasteiger partial charge in [0.05, 0.1) is 0 Å². The lowest BCUT2D eigenvalue weighted by atomic mass is 10.0. The summed E-state index contributed by atoms with van der Waals surface area (Å²) in [6.07, 6.45) is 0. The average Bonchev–Trinajstić information content (AvgIpc) is 2.53. The minimum Gasteiger partial charge on any atom is -0.401 e. The number of Topliss-reactive ketones (excluding diaryl/α,β-unsaturated/α-hetero) is 1. The first kappa shape index (κ1) is 17.8. The minimum atomic E-state index is -3.39. The zero-order valence-electron chi connectivity index (χ0n) is 13.6. The van der Waals surface area contributed by atoms with E-state index in [1.807, 2.05) is 6.92 Å². The number of rotatable bonds is 5. The molecule has 124 valence electrons. The molecule has 0 heterocycles. The highest BCUT2D eigenvalue weighted by molar-refractivity contribution is 7.60. The van der Waals surface area contributed by atoms with Crippen LogP contribution in [0.2, 0.25) is 0 Å². The molecule has 6 heteroatoms. The Kier molecular flexibility index (Phi) is 5.47. The van der Waals surface area contributed by atoms with Crippen LogP contribution in [-0.2, 0) is 13.9 Å². The molecule has 0 spiro atoms. The van der Waals surface area contributed by atoms with Crippen molar-refractivity contribution >= 4 is 25.3 Å². The van der Waals surface area contributed by atoms with Crippen molar-refractivity contribution in [3.63, 3.8) is 0 Å². The molecule has 0 saturated heterocycles. The van der Waals surface area contributed by atoms with Crippen molar-refractivity contribution in [1.29, 1.82) is 0 Å². The monoisotopic (exact) mass is 344 g/mol. The highest BCUT2D eigenvalue weighted by atomic mass is 31.1. The van der Waals surface area contributed by atoms with E-state index in [1.165, 1.54) is 12.1 Å². The third-order valence-corrected chi connectivity index (χ3v) is 4.49. The number of hydrogen-bond acceptors (Lipinski definition) is 5. The van der Waals surface area contributed by atoms with Gasteiger partial charge in [-0.15, -0.1) is 0 Å². The van der Waals surface area contributed by atoms with Gasteiger partial charge in [0.2, 0.25) is 0 Å². The number of carbonyl (C=O) groups excluding carboxylic acids is 3. The Morgan fingerprint density at radius 1 is 0.917 bits per heavy atom. The van der Waals surface area contributed by atoms with Crippen molar-refractivity contribution in [2.75, 3.05) is 0 Å². The molecule has 24 heavy (non-hydrogen) atoms. The average molecular weight is 344 g/mol. The van der Waals surface area contributed by atoms with Crippen LogP contribution in [0.1, 0.15) is 37.4 Å². The molecule has 1 atom stereocenters. The molecule has 0 aromatic heterocycles. The Morgan fingerprint density at radius 2 is 1.46 bits per heavy atom. The summed E-state index contributed by atoms with van der Waals surface area (Å²) in [7, 11) is -3.39. The molecule has 2 aromatic carbocycles. The highest BCUT2D eigenvalue weighted by Crippen LogP contribution is 2.32. The first-order valence-electron chi connectivity index (χ1n) is 7.29. The molecule has 0 fully saturated rings. The molecule has 0 radical (unpaired) electrons. The molecule has 0 aliphatic carbocycles. The quantitative estimate of drug-likeness (QED) is 0.470. The van der Waals surface area contributed by atoms with Crippen LogP contribution in [0.4, 0.5) is 0 Å². The highest BCUT2D eigenvalue weighted by Gasteiger charge is 2.26. The van der Waals surface area contributed by atoms with Crippen LogP contribution < -0.4 is 0 Å². The van der Waals surface area contributed by atoms with E-state index in [1.54, 1.807) is 44.2 Å². The van der Waals surface area contributed by atoms with E-state index in [0.717, 1.165) is 5.56 Å². The third-order valence-electron chi connectivity index (χ3n) is 3.50. The van der Waals surface area contributed by atoms with Crippen molar-refractivity contribution in [2.45, 2.75) is 20.8 Å². The van der Waals surface area contributed by atoms with Gasteiger partial charge in [0.1, 0.15) is 0 Å². The van der Waals surface area contributed by atoms with Crippen LogP contribution in [0.5, 0.6) is 0 Å². The van der Waals surface area contributed by atoms with Crippen molar-refractivity contribution < 1.29 is 23.5 Å². The van der Waals surface area contributed by atoms with E-state index >= 15 is 0 Å². The molecule has 0 aliphatic heterocycles. The fourth-order valence-corrected chi connectivity index (χ4v) is 3.48. The summed E-state index contributed by atoms with van der Waals surface area (Å²) in [6, 6.07) is 11.3. The van der Waals surface area contributed by atoms with Gasteiger partial charge in [-0.1, -0.05) is 48.0 Å². The van der Waals surface area contributed by atoms with Crippen molar-refractivity contribution in [2.24, 2.45) is 0 Å². The van der Waals surface area contributed by atoms with E-state index in [4.69, 9.17) is 0 Å². The maximum atomic E-state index is 12.3. The normalized spacial score (nSPS) is 11.6. The molecule has 0 N–H and O–H groups in total.